The Kier molecular flexibility index (Phi) is 4.16. The second-order valence-corrected chi connectivity index (χ2v) is 6.41. The van der Waals surface area contributed by atoms with Gasteiger partial charge in [0.05, 0.1) is 13.2 Å². The summed E-state index contributed by atoms with van der Waals surface area (Å²) >= 11 is 6.08. The van der Waals surface area contributed by atoms with E-state index in [-0.39, 0.29) is 11.3 Å². The highest BCUT2D eigenvalue weighted by atomic mass is 35.5. The molecule has 1 aromatic rings. The molecule has 0 saturated carbocycles. The van der Waals surface area contributed by atoms with Crippen LogP contribution in [-0.2, 0) is 17.6 Å². The van der Waals surface area contributed by atoms with E-state index >= 15 is 0 Å². The monoisotopic (exact) mass is 281 g/mol. The molecule has 0 aromatic heterocycles. The Labute approximate surface area is 119 Å². The molecule has 3 nitrogen and oxygen atoms in total. The molecular formula is C15H20ClNO2. The highest BCUT2D eigenvalue weighted by Crippen LogP contribution is 2.33. The third-order valence-corrected chi connectivity index (χ3v) is 3.25. The summed E-state index contributed by atoms with van der Waals surface area (Å²) in [7, 11) is 0. The van der Waals surface area contributed by atoms with Crippen LogP contribution in [0.15, 0.2) is 12.1 Å². The first-order valence-electron chi connectivity index (χ1n) is 6.56. The van der Waals surface area contributed by atoms with E-state index < -0.39 is 0 Å². The quantitative estimate of drug-likeness (QED) is 0.922. The molecular weight excluding hydrogens is 262 g/mol. The maximum Gasteiger partial charge on any atom is 0.151 e. The molecule has 4 heteroatoms. The number of Topliss-reactive ketones (excluding diaryl/α,β-unsaturated/α-hetero) is 1. The topological polar surface area (TPSA) is 38.3 Å². The van der Waals surface area contributed by atoms with Gasteiger partial charge in [0.15, 0.2) is 5.78 Å². The Bertz CT molecular complexity index is 492. The van der Waals surface area contributed by atoms with Crippen LogP contribution in [0.25, 0.3) is 0 Å². The van der Waals surface area contributed by atoms with Gasteiger partial charge in [0, 0.05) is 29.0 Å². The van der Waals surface area contributed by atoms with Gasteiger partial charge in [0.1, 0.15) is 5.75 Å². The van der Waals surface area contributed by atoms with Gasteiger partial charge in [-0.1, -0.05) is 11.6 Å². The van der Waals surface area contributed by atoms with Crippen molar-refractivity contribution >= 4 is 17.4 Å². The molecule has 0 unspecified atom stereocenters. The standard InChI is InChI=1S/C15H20ClNO2/c1-15(2,3)17-9-13(18)8-11-7-12(16)6-10-4-5-19-14(10)11/h6-7,17H,4-5,8-9H2,1-3H3. The Morgan fingerprint density at radius 1 is 1.42 bits per heavy atom. The Morgan fingerprint density at radius 3 is 2.84 bits per heavy atom. The molecule has 1 aliphatic rings. The van der Waals surface area contributed by atoms with E-state index in [1.807, 2.05) is 32.9 Å². The number of benzene rings is 1. The number of fused-ring (bicyclic) bond motifs is 1. The van der Waals surface area contributed by atoms with Crippen molar-refractivity contribution in [3.63, 3.8) is 0 Å². The Hall–Kier alpha value is -1.06. The zero-order chi connectivity index (χ0) is 14.0. The normalized spacial score (nSPS) is 14.1. The van der Waals surface area contributed by atoms with E-state index in [1.54, 1.807) is 0 Å². The van der Waals surface area contributed by atoms with Gasteiger partial charge in [-0.25, -0.2) is 0 Å². The van der Waals surface area contributed by atoms with Crippen molar-refractivity contribution in [2.45, 2.75) is 39.2 Å². The lowest BCUT2D eigenvalue weighted by Crippen LogP contribution is -2.39. The molecule has 0 amide bonds. The lowest BCUT2D eigenvalue weighted by Gasteiger charge is -2.20. The lowest BCUT2D eigenvalue weighted by atomic mass is 10.0. The summed E-state index contributed by atoms with van der Waals surface area (Å²) in [6.45, 7) is 7.17. The number of nitrogens with one attached hydrogen (secondary N) is 1. The van der Waals surface area contributed by atoms with Gasteiger partial charge in [-0.3, -0.25) is 4.79 Å². The first-order valence-corrected chi connectivity index (χ1v) is 6.94. The molecule has 0 radical (unpaired) electrons. The fourth-order valence-corrected chi connectivity index (χ4v) is 2.38. The number of ketones is 1. The highest BCUT2D eigenvalue weighted by molar-refractivity contribution is 6.30. The minimum absolute atomic E-state index is 0.0531. The number of ether oxygens (including phenoxy) is 1. The summed E-state index contributed by atoms with van der Waals surface area (Å²) < 4.78 is 5.60. The minimum atomic E-state index is -0.0531. The van der Waals surface area contributed by atoms with E-state index in [0.717, 1.165) is 23.3 Å². The molecule has 1 aromatic carbocycles. The molecule has 2 rings (SSSR count). The molecule has 1 aliphatic heterocycles. The van der Waals surface area contributed by atoms with Crippen molar-refractivity contribution in [2.75, 3.05) is 13.2 Å². The second kappa shape index (κ2) is 5.51. The van der Waals surface area contributed by atoms with Gasteiger partial charge < -0.3 is 10.1 Å². The van der Waals surface area contributed by atoms with Crippen molar-refractivity contribution in [3.8, 4) is 5.75 Å². The zero-order valence-electron chi connectivity index (χ0n) is 11.7. The molecule has 1 N–H and O–H groups in total. The average Bonchev–Trinajstić information content (AvgIpc) is 2.73. The van der Waals surface area contributed by atoms with Crippen LogP contribution in [0.2, 0.25) is 5.02 Å². The fraction of sp³-hybridized carbons (Fsp3) is 0.533. The predicted octanol–water partition coefficient (Wildman–Crippen LogP) is 2.77. The lowest BCUT2D eigenvalue weighted by molar-refractivity contribution is -0.117. The molecule has 0 saturated heterocycles. The van der Waals surface area contributed by atoms with Crippen LogP contribution in [0.3, 0.4) is 0 Å². The van der Waals surface area contributed by atoms with Gasteiger partial charge in [-0.15, -0.1) is 0 Å². The van der Waals surface area contributed by atoms with Crippen molar-refractivity contribution < 1.29 is 9.53 Å². The van der Waals surface area contributed by atoms with Crippen LogP contribution in [0.5, 0.6) is 5.75 Å². The molecule has 19 heavy (non-hydrogen) atoms. The third kappa shape index (κ3) is 3.95. The van der Waals surface area contributed by atoms with Crippen LogP contribution in [0.4, 0.5) is 0 Å². The van der Waals surface area contributed by atoms with E-state index in [0.29, 0.717) is 24.6 Å². The van der Waals surface area contributed by atoms with E-state index in [2.05, 4.69) is 5.32 Å². The largest absolute Gasteiger partial charge is 0.493 e. The second-order valence-electron chi connectivity index (χ2n) is 5.97. The molecule has 104 valence electrons. The van der Waals surface area contributed by atoms with Crippen LogP contribution in [-0.4, -0.2) is 24.5 Å². The van der Waals surface area contributed by atoms with Crippen LogP contribution < -0.4 is 10.1 Å². The van der Waals surface area contributed by atoms with Gasteiger partial charge >= 0.3 is 0 Å². The van der Waals surface area contributed by atoms with E-state index in [4.69, 9.17) is 16.3 Å². The molecule has 0 aliphatic carbocycles. The Balaban J connectivity index is 2.05. The summed E-state index contributed by atoms with van der Waals surface area (Å²) in [6.07, 6.45) is 1.24. The zero-order valence-corrected chi connectivity index (χ0v) is 12.4. The van der Waals surface area contributed by atoms with Gasteiger partial charge in [0.2, 0.25) is 0 Å². The number of halogens is 1. The van der Waals surface area contributed by atoms with E-state index in [1.165, 1.54) is 0 Å². The predicted molar refractivity (Wildman–Crippen MR) is 77.1 cm³/mol. The summed E-state index contributed by atoms with van der Waals surface area (Å²) in [4.78, 5) is 12.0. The molecule has 0 atom stereocenters. The number of carbonyl (C=O) groups is 1. The van der Waals surface area contributed by atoms with Crippen LogP contribution in [0.1, 0.15) is 31.9 Å². The number of rotatable bonds is 4. The first-order chi connectivity index (χ1) is 8.85. The highest BCUT2D eigenvalue weighted by Gasteiger charge is 2.20. The average molecular weight is 282 g/mol. The summed E-state index contributed by atoms with van der Waals surface area (Å²) in [5.74, 6) is 1.00. The van der Waals surface area contributed by atoms with Crippen molar-refractivity contribution in [2.24, 2.45) is 0 Å². The van der Waals surface area contributed by atoms with Crippen LogP contribution >= 0.6 is 11.6 Å². The summed E-state index contributed by atoms with van der Waals surface area (Å²) in [5, 5.41) is 3.88. The van der Waals surface area contributed by atoms with Gasteiger partial charge in [-0.2, -0.15) is 0 Å². The summed E-state index contributed by atoms with van der Waals surface area (Å²) in [6, 6.07) is 3.76. The minimum Gasteiger partial charge on any atom is -0.493 e. The maximum atomic E-state index is 12.0. The number of hydrogen-bond acceptors (Lipinski definition) is 3. The van der Waals surface area contributed by atoms with Gasteiger partial charge in [-0.05, 0) is 38.5 Å². The number of carbonyl (C=O) groups excluding carboxylic acids is 1. The van der Waals surface area contributed by atoms with Crippen molar-refractivity contribution in [1.29, 1.82) is 0 Å². The molecule has 0 spiro atoms. The van der Waals surface area contributed by atoms with Crippen molar-refractivity contribution in [3.05, 3.63) is 28.3 Å². The summed E-state index contributed by atoms with van der Waals surface area (Å²) in [5.41, 5.74) is 1.96. The molecule has 0 fully saturated rings. The fourth-order valence-electron chi connectivity index (χ4n) is 2.12. The smallest absolute Gasteiger partial charge is 0.151 e. The third-order valence-electron chi connectivity index (χ3n) is 3.03. The Morgan fingerprint density at radius 2 is 2.16 bits per heavy atom. The van der Waals surface area contributed by atoms with Crippen LogP contribution in [0, 0.1) is 0 Å². The molecule has 0 bridgehead atoms. The molecule has 1 heterocycles. The van der Waals surface area contributed by atoms with E-state index in [9.17, 15) is 4.79 Å². The first kappa shape index (κ1) is 14.4. The van der Waals surface area contributed by atoms with Crippen molar-refractivity contribution in [1.82, 2.24) is 5.32 Å². The maximum absolute atomic E-state index is 12.0. The number of hydrogen-bond donors (Lipinski definition) is 1. The van der Waals surface area contributed by atoms with Gasteiger partial charge in [0.25, 0.3) is 0 Å². The SMILES string of the molecule is CC(C)(C)NCC(=O)Cc1cc(Cl)cc2c1OCC2.